The Morgan fingerprint density at radius 1 is 1.09 bits per heavy atom. The second-order valence-corrected chi connectivity index (χ2v) is 12.3. The van der Waals surface area contributed by atoms with Crippen molar-refractivity contribution in [2.24, 2.45) is 23.2 Å². The van der Waals surface area contributed by atoms with Crippen molar-refractivity contribution in [1.82, 2.24) is 9.62 Å². The molecule has 1 saturated heterocycles. The van der Waals surface area contributed by atoms with E-state index in [1.165, 1.54) is 4.31 Å². The lowest BCUT2D eigenvalue weighted by Gasteiger charge is -2.58. The number of carbonyl (C=O) groups is 2. The zero-order valence-corrected chi connectivity index (χ0v) is 19.4. The van der Waals surface area contributed by atoms with Gasteiger partial charge in [0.15, 0.2) is 0 Å². The van der Waals surface area contributed by atoms with Gasteiger partial charge in [0.25, 0.3) is 0 Å². The van der Waals surface area contributed by atoms with E-state index in [0.29, 0.717) is 49.0 Å². The van der Waals surface area contributed by atoms with Crippen LogP contribution >= 0.6 is 22.6 Å². The summed E-state index contributed by atoms with van der Waals surface area (Å²) in [4.78, 5) is 24.9. The molecule has 2 atom stereocenters. The Morgan fingerprint density at radius 2 is 1.75 bits per heavy atom. The molecular formula is C22H30ClN3O5S. The van der Waals surface area contributed by atoms with Gasteiger partial charge in [-0.3, -0.25) is 23.0 Å². The summed E-state index contributed by atoms with van der Waals surface area (Å²) in [6.07, 6.45) is 4.67. The number of benzene rings is 1. The minimum Gasteiger partial charge on any atom is -0.481 e. The fraction of sp³-hybridized carbons (Fsp3) is 0.636. The van der Waals surface area contributed by atoms with E-state index in [2.05, 4.69) is 5.32 Å². The molecule has 4 saturated carbocycles. The van der Waals surface area contributed by atoms with Gasteiger partial charge in [0.2, 0.25) is 5.91 Å². The molecule has 176 valence electrons. The van der Waals surface area contributed by atoms with Crippen LogP contribution in [0.1, 0.15) is 38.5 Å². The third-order valence-corrected chi connectivity index (χ3v) is 10.1. The molecule has 6 rings (SSSR count). The van der Waals surface area contributed by atoms with E-state index < -0.39 is 22.3 Å². The molecule has 0 spiro atoms. The number of hydrogen-bond acceptors (Lipinski definition) is 6. The quantitative estimate of drug-likeness (QED) is 0.503. The molecule has 5 aliphatic rings. The molecule has 0 radical (unpaired) electrons. The third-order valence-electron chi connectivity index (χ3n) is 7.90. The van der Waals surface area contributed by atoms with E-state index in [1.54, 1.807) is 28.6 Å². The van der Waals surface area contributed by atoms with Crippen LogP contribution in [0.3, 0.4) is 0 Å². The predicted molar refractivity (Wildman–Crippen MR) is 123 cm³/mol. The minimum absolute atomic E-state index is 0.0227. The third kappa shape index (κ3) is 3.77. The molecule has 4 aliphatic carbocycles. The number of amides is 1. The summed E-state index contributed by atoms with van der Waals surface area (Å²) in [5, 5.41) is 13.5. The van der Waals surface area contributed by atoms with Gasteiger partial charge < -0.3 is 10.4 Å². The van der Waals surface area contributed by atoms with Gasteiger partial charge >= 0.3 is 5.97 Å². The first-order chi connectivity index (χ1) is 15.2. The van der Waals surface area contributed by atoms with Crippen LogP contribution in [-0.4, -0.2) is 56.1 Å². The lowest BCUT2D eigenvalue weighted by molar-refractivity contribution is -0.167. The normalized spacial score (nSPS) is 36.7. The zero-order chi connectivity index (χ0) is 22.7. The van der Waals surface area contributed by atoms with Crippen molar-refractivity contribution >= 4 is 40.1 Å². The maximum absolute atomic E-state index is 13.0. The van der Waals surface area contributed by atoms with Crippen molar-refractivity contribution in [2.45, 2.75) is 44.6 Å². The van der Waals surface area contributed by atoms with E-state index in [0.717, 1.165) is 19.3 Å². The monoisotopic (exact) mass is 483 g/mol. The number of carbonyl (C=O) groups excluding carboxylic acids is 1. The maximum atomic E-state index is 13.0. The Balaban J connectivity index is 1.25. The van der Waals surface area contributed by atoms with Crippen LogP contribution in [0.2, 0.25) is 5.02 Å². The van der Waals surface area contributed by atoms with Crippen molar-refractivity contribution in [3.8, 4) is 0 Å². The van der Waals surface area contributed by atoms with Gasteiger partial charge in [-0.05, 0) is 80.5 Å². The molecule has 32 heavy (non-hydrogen) atoms. The van der Waals surface area contributed by atoms with Gasteiger partial charge in [0.1, 0.15) is 0 Å². The molecule has 1 aliphatic heterocycles. The first-order valence-electron chi connectivity index (χ1n) is 11.3. The van der Waals surface area contributed by atoms with Gasteiger partial charge in [0, 0.05) is 24.2 Å². The van der Waals surface area contributed by atoms with E-state index in [4.69, 9.17) is 11.6 Å². The summed E-state index contributed by atoms with van der Waals surface area (Å²) in [5.41, 5.74) is 0.0404. The molecule has 5 fully saturated rings. The number of rotatable bonds is 5. The molecule has 10 heteroatoms. The average molecular weight is 484 g/mol. The first kappa shape index (κ1) is 22.3. The number of nitrogens with one attached hydrogen (secondary N) is 1. The van der Waals surface area contributed by atoms with Crippen molar-refractivity contribution < 1.29 is 23.8 Å². The highest BCUT2D eigenvalue weighted by Gasteiger charge is 2.59. The molecule has 0 aromatic heterocycles. The summed E-state index contributed by atoms with van der Waals surface area (Å²) >= 11 is 5.96. The molecule has 2 unspecified atom stereocenters. The first-order valence-corrected chi connectivity index (χ1v) is 13.1. The Hall–Kier alpha value is -1.52. The van der Waals surface area contributed by atoms with E-state index >= 15 is 0 Å². The highest BCUT2D eigenvalue weighted by Crippen LogP contribution is 2.60. The van der Waals surface area contributed by atoms with Gasteiger partial charge in [-0.2, -0.15) is 4.31 Å². The lowest BCUT2D eigenvalue weighted by Crippen LogP contribution is -2.62. The van der Waals surface area contributed by atoms with Crippen LogP contribution in [0, 0.1) is 23.2 Å². The standard InChI is InChI=1S/C22H30ClN3O5S/c23-17-2-4-18(5-3-17)26-7-1-6-25(32(26,30)31)13-19(27)24-20-15-8-14-9-16(20)12-22(10-14,11-15)21(28)29/h2-5,14-16,20,30-31H,1,6-13H2,(H,24,27)(H,28,29). The van der Waals surface area contributed by atoms with Crippen LogP contribution in [0.4, 0.5) is 5.69 Å². The number of aliphatic carboxylic acids is 1. The maximum Gasteiger partial charge on any atom is 0.309 e. The summed E-state index contributed by atoms with van der Waals surface area (Å²) in [7, 11) is -3.32. The zero-order valence-electron chi connectivity index (χ0n) is 17.8. The number of hydrogen-bond donors (Lipinski definition) is 4. The van der Waals surface area contributed by atoms with Crippen LogP contribution in [0.5, 0.6) is 0 Å². The fourth-order valence-electron chi connectivity index (χ4n) is 6.73. The van der Waals surface area contributed by atoms with Crippen molar-refractivity contribution in [3.63, 3.8) is 0 Å². The van der Waals surface area contributed by atoms with Gasteiger partial charge in [-0.15, -0.1) is 0 Å². The smallest absolute Gasteiger partial charge is 0.309 e. The highest BCUT2D eigenvalue weighted by atomic mass is 35.5. The van der Waals surface area contributed by atoms with Crippen molar-refractivity contribution in [2.75, 3.05) is 23.9 Å². The minimum atomic E-state index is -3.32. The van der Waals surface area contributed by atoms with E-state index in [-0.39, 0.29) is 30.3 Å². The highest BCUT2D eigenvalue weighted by molar-refractivity contribution is 8.23. The Morgan fingerprint density at radius 3 is 2.38 bits per heavy atom. The van der Waals surface area contributed by atoms with Crippen LogP contribution in [0.25, 0.3) is 0 Å². The van der Waals surface area contributed by atoms with Crippen LogP contribution in [-0.2, 0) is 9.59 Å². The van der Waals surface area contributed by atoms with E-state index in [9.17, 15) is 23.8 Å². The largest absolute Gasteiger partial charge is 0.481 e. The molecule has 4 N–H and O–H groups in total. The lowest BCUT2D eigenvalue weighted by atomic mass is 9.48. The molecule has 1 aromatic rings. The van der Waals surface area contributed by atoms with Gasteiger partial charge in [-0.25, -0.2) is 0 Å². The van der Waals surface area contributed by atoms with Gasteiger partial charge in [0.05, 0.1) is 17.6 Å². The molecular weight excluding hydrogens is 454 g/mol. The molecule has 1 heterocycles. The number of nitrogens with zero attached hydrogens (tertiary/aromatic N) is 2. The molecule has 1 aromatic carbocycles. The SMILES string of the molecule is O=C(CN1CCCN(c2ccc(Cl)cc2)S1(O)O)NC1C2CC3CC1CC(C(=O)O)(C3)C2. The van der Waals surface area contributed by atoms with Crippen molar-refractivity contribution in [1.29, 1.82) is 0 Å². The number of anilines is 1. The summed E-state index contributed by atoms with van der Waals surface area (Å²) < 4.78 is 25.0. The molecule has 8 nitrogen and oxygen atoms in total. The Bertz CT molecular complexity index is 897. The van der Waals surface area contributed by atoms with E-state index in [1.807, 2.05) is 0 Å². The summed E-state index contributed by atoms with van der Waals surface area (Å²) in [6.45, 7) is 0.797. The van der Waals surface area contributed by atoms with Crippen molar-refractivity contribution in [3.05, 3.63) is 29.3 Å². The van der Waals surface area contributed by atoms with Crippen LogP contribution < -0.4 is 9.62 Å². The number of carboxylic acids is 1. The second-order valence-electron chi connectivity index (χ2n) is 9.93. The predicted octanol–water partition coefficient (Wildman–Crippen LogP) is 3.83. The van der Waals surface area contributed by atoms with Gasteiger partial charge in [-0.1, -0.05) is 22.6 Å². The Labute approximate surface area is 194 Å². The second kappa shape index (κ2) is 8.06. The molecule has 1 amide bonds. The summed E-state index contributed by atoms with van der Waals surface area (Å²) in [5.74, 6) is -0.100. The fourth-order valence-corrected chi connectivity index (χ4v) is 8.58. The average Bonchev–Trinajstić information content (AvgIpc) is 2.72. The molecule has 4 bridgehead atoms. The Kier molecular flexibility index (Phi) is 5.61. The topological polar surface area (TPSA) is 113 Å². The number of carboxylic acid groups (broad SMARTS) is 1. The summed E-state index contributed by atoms with van der Waals surface area (Å²) in [6, 6.07) is 6.87. The van der Waals surface area contributed by atoms with Crippen LogP contribution in [0.15, 0.2) is 24.3 Å². The number of halogens is 1.